The number of nitrogens with two attached hydrogens (primary N) is 1. The largest absolute Gasteiger partial charge is 0.416 e. The minimum Gasteiger partial charge on any atom is -0.322 e. The average Bonchev–Trinajstić information content (AvgIpc) is 2.92. The maximum atomic E-state index is 13.0. The number of fused-ring (bicyclic) bond motifs is 1. The third kappa shape index (κ3) is 3.75. The number of aromatic nitrogens is 2. The van der Waals surface area contributed by atoms with Gasteiger partial charge in [-0.25, -0.2) is 4.98 Å². The molecule has 0 fully saturated rings. The number of hydrogen-bond acceptors (Lipinski definition) is 2. The van der Waals surface area contributed by atoms with Crippen LogP contribution in [0.1, 0.15) is 48.3 Å². The topological polar surface area (TPSA) is 43.8 Å². The second kappa shape index (κ2) is 7.11. The van der Waals surface area contributed by atoms with Crippen molar-refractivity contribution in [3.63, 3.8) is 0 Å². The Morgan fingerprint density at radius 2 is 1.92 bits per heavy atom. The predicted molar refractivity (Wildman–Crippen MR) is 96.9 cm³/mol. The number of nitrogens with zero attached hydrogens (tertiary/aromatic N) is 2. The summed E-state index contributed by atoms with van der Waals surface area (Å²) in [6.07, 6.45) is -2.79. The summed E-state index contributed by atoms with van der Waals surface area (Å²) in [5.41, 5.74) is 8.77. The first-order chi connectivity index (χ1) is 12.3. The fraction of sp³-hybridized carbons (Fsp3) is 0.350. The van der Waals surface area contributed by atoms with E-state index in [1.54, 1.807) is 0 Å². The van der Waals surface area contributed by atoms with Gasteiger partial charge in [0.2, 0.25) is 0 Å². The predicted octanol–water partition coefficient (Wildman–Crippen LogP) is 5.21. The Hall–Kier alpha value is -2.34. The van der Waals surface area contributed by atoms with Crippen molar-refractivity contribution in [2.45, 2.75) is 45.5 Å². The molecule has 138 valence electrons. The van der Waals surface area contributed by atoms with Gasteiger partial charge in [0.1, 0.15) is 5.82 Å². The molecule has 0 saturated carbocycles. The summed E-state index contributed by atoms with van der Waals surface area (Å²) in [6.45, 7) is 4.56. The first kappa shape index (κ1) is 18.5. The highest BCUT2D eigenvalue weighted by Crippen LogP contribution is 2.32. The molecule has 3 aromatic rings. The van der Waals surface area contributed by atoms with E-state index in [-0.39, 0.29) is 6.04 Å². The number of aryl methyl sites for hydroxylation is 1. The van der Waals surface area contributed by atoms with Crippen molar-refractivity contribution in [2.75, 3.05) is 0 Å². The normalized spacial score (nSPS) is 13.3. The lowest BCUT2D eigenvalue weighted by molar-refractivity contribution is -0.137. The van der Waals surface area contributed by atoms with E-state index in [1.807, 2.05) is 36.6 Å². The van der Waals surface area contributed by atoms with Crippen molar-refractivity contribution in [2.24, 2.45) is 5.73 Å². The number of rotatable bonds is 5. The molecule has 1 heterocycles. The molecule has 0 aliphatic carbocycles. The third-order valence-electron chi connectivity index (χ3n) is 4.46. The number of benzene rings is 2. The van der Waals surface area contributed by atoms with Crippen LogP contribution in [0.3, 0.4) is 0 Å². The summed E-state index contributed by atoms with van der Waals surface area (Å²) in [6, 6.07) is 11.4. The van der Waals surface area contributed by atoms with E-state index in [1.165, 1.54) is 6.07 Å². The Balaban J connectivity index is 2.12. The molecule has 1 atom stereocenters. The Kier molecular flexibility index (Phi) is 5.05. The molecular formula is C20H22F3N3. The summed E-state index contributed by atoms with van der Waals surface area (Å²) in [4.78, 5) is 4.46. The SMILES string of the molecule is CCC[C@H](N)c1nc2cc(C(F)(F)F)ccc2n1Cc1cccc(C)c1. The average molecular weight is 361 g/mol. The molecule has 0 aliphatic heterocycles. The summed E-state index contributed by atoms with van der Waals surface area (Å²) >= 11 is 0. The molecule has 0 radical (unpaired) electrons. The molecular weight excluding hydrogens is 339 g/mol. The number of imidazole rings is 1. The van der Waals surface area contributed by atoms with Crippen LogP contribution in [0.15, 0.2) is 42.5 Å². The molecule has 6 heteroatoms. The van der Waals surface area contributed by atoms with E-state index >= 15 is 0 Å². The monoisotopic (exact) mass is 361 g/mol. The molecule has 0 aliphatic rings. The Morgan fingerprint density at radius 1 is 1.15 bits per heavy atom. The van der Waals surface area contributed by atoms with Crippen LogP contribution < -0.4 is 5.73 Å². The zero-order chi connectivity index (χ0) is 18.9. The molecule has 26 heavy (non-hydrogen) atoms. The Bertz CT molecular complexity index is 912. The van der Waals surface area contributed by atoms with Gasteiger partial charge in [-0.15, -0.1) is 0 Å². The summed E-state index contributed by atoms with van der Waals surface area (Å²) < 4.78 is 41.0. The molecule has 3 nitrogen and oxygen atoms in total. The highest BCUT2D eigenvalue weighted by atomic mass is 19.4. The van der Waals surface area contributed by atoms with Gasteiger partial charge >= 0.3 is 6.18 Å². The van der Waals surface area contributed by atoms with Crippen molar-refractivity contribution in [1.29, 1.82) is 0 Å². The van der Waals surface area contributed by atoms with Crippen LogP contribution in [-0.2, 0) is 12.7 Å². The molecule has 0 bridgehead atoms. The maximum absolute atomic E-state index is 13.0. The van der Waals surface area contributed by atoms with E-state index in [0.717, 1.165) is 36.1 Å². The smallest absolute Gasteiger partial charge is 0.322 e. The number of halogens is 3. The first-order valence-corrected chi connectivity index (χ1v) is 8.68. The van der Waals surface area contributed by atoms with Crippen LogP contribution in [0, 0.1) is 6.92 Å². The van der Waals surface area contributed by atoms with Crippen molar-refractivity contribution < 1.29 is 13.2 Å². The van der Waals surface area contributed by atoms with Crippen LogP contribution in [0.25, 0.3) is 11.0 Å². The molecule has 1 aromatic heterocycles. The second-order valence-electron chi connectivity index (χ2n) is 6.64. The zero-order valence-electron chi connectivity index (χ0n) is 14.8. The molecule has 3 rings (SSSR count). The molecule has 0 spiro atoms. The molecule has 0 unspecified atom stereocenters. The molecule has 2 aromatic carbocycles. The van der Waals surface area contributed by atoms with Gasteiger partial charge in [-0.3, -0.25) is 0 Å². The quantitative estimate of drug-likeness (QED) is 0.678. The zero-order valence-corrected chi connectivity index (χ0v) is 14.8. The Morgan fingerprint density at radius 3 is 2.58 bits per heavy atom. The third-order valence-corrected chi connectivity index (χ3v) is 4.46. The van der Waals surface area contributed by atoms with Crippen LogP contribution in [-0.4, -0.2) is 9.55 Å². The van der Waals surface area contributed by atoms with Gasteiger partial charge in [0.25, 0.3) is 0 Å². The minimum atomic E-state index is -4.39. The molecule has 0 amide bonds. The van der Waals surface area contributed by atoms with E-state index < -0.39 is 11.7 Å². The molecule has 2 N–H and O–H groups in total. The van der Waals surface area contributed by atoms with E-state index in [0.29, 0.717) is 23.4 Å². The number of hydrogen-bond donors (Lipinski definition) is 1. The van der Waals surface area contributed by atoms with Crippen molar-refractivity contribution >= 4 is 11.0 Å². The van der Waals surface area contributed by atoms with Crippen LogP contribution in [0.2, 0.25) is 0 Å². The van der Waals surface area contributed by atoms with Gasteiger partial charge < -0.3 is 10.3 Å². The fourth-order valence-electron chi connectivity index (χ4n) is 3.21. The summed E-state index contributed by atoms with van der Waals surface area (Å²) in [7, 11) is 0. The van der Waals surface area contributed by atoms with Crippen molar-refractivity contribution in [1.82, 2.24) is 9.55 Å². The van der Waals surface area contributed by atoms with Crippen molar-refractivity contribution in [3.8, 4) is 0 Å². The first-order valence-electron chi connectivity index (χ1n) is 8.68. The second-order valence-corrected chi connectivity index (χ2v) is 6.64. The van der Waals surface area contributed by atoms with E-state index in [4.69, 9.17) is 5.73 Å². The van der Waals surface area contributed by atoms with E-state index in [9.17, 15) is 13.2 Å². The summed E-state index contributed by atoms with van der Waals surface area (Å²) in [5.74, 6) is 0.627. The van der Waals surface area contributed by atoms with Gasteiger partial charge in [0.15, 0.2) is 0 Å². The van der Waals surface area contributed by atoms with Gasteiger partial charge in [-0.2, -0.15) is 13.2 Å². The lowest BCUT2D eigenvalue weighted by atomic mass is 10.1. The van der Waals surface area contributed by atoms with E-state index in [2.05, 4.69) is 11.1 Å². The fourth-order valence-corrected chi connectivity index (χ4v) is 3.21. The lowest BCUT2D eigenvalue weighted by Crippen LogP contribution is -2.17. The Labute approximate surface area is 150 Å². The van der Waals surface area contributed by atoms with Gasteiger partial charge in [0.05, 0.1) is 22.6 Å². The van der Waals surface area contributed by atoms with Gasteiger partial charge in [-0.05, 0) is 37.1 Å². The number of alkyl halides is 3. The molecule has 0 saturated heterocycles. The lowest BCUT2D eigenvalue weighted by Gasteiger charge is -2.15. The van der Waals surface area contributed by atoms with Crippen LogP contribution in [0.4, 0.5) is 13.2 Å². The van der Waals surface area contributed by atoms with Crippen LogP contribution in [0.5, 0.6) is 0 Å². The highest BCUT2D eigenvalue weighted by molar-refractivity contribution is 5.77. The highest BCUT2D eigenvalue weighted by Gasteiger charge is 2.31. The van der Waals surface area contributed by atoms with Crippen LogP contribution >= 0.6 is 0 Å². The van der Waals surface area contributed by atoms with Gasteiger partial charge in [0, 0.05) is 6.54 Å². The summed E-state index contributed by atoms with van der Waals surface area (Å²) in [5, 5.41) is 0. The maximum Gasteiger partial charge on any atom is 0.416 e. The standard InChI is InChI=1S/C20H22F3N3/c1-3-5-16(24)19-25-17-11-15(20(21,22)23)8-9-18(17)26(19)12-14-7-4-6-13(2)10-14/h4,6-11,16H,3,5,12,24H2,1-2H3/t16-/m0/s1. The minimum absolute atomic E-state index is 0.313. The van der Waals surface area contributed by atoms with Gasteiger partial charge in [-0.1, -0.05) is 43.2 Å². The van der Waals surface area contributed by atoms with Crippen molar-refractivity contribution in [3.05, 3.63) is 65.0 Å².